The molecule has 1 unspecified atom stereocenters. The van der Waals surface area contributed by atoms with Gasteiger partial charge in [-0.1, -0.05) is 6.92 Å². The Bertz CT molecular complexity index is 251. The minimum Gasteiger partial charge on any atom is -0.352 e. The molecule has 1 aliphatic carbocycles. The van der Waals surface area contributed by atoms with Crippen molar-refractivity contribution in [2.45, 2.75) is 38.6 Å². The number of rotatable bonds is 5. The molecule has 0 spiro atoms. The van der Waals surface area contributed by atoms with E-state index in [1.807, 2.05) is 6.92 Å². The average Bonchev–Trinajstić information content (AvgIpc) is 2.97. The number of hydrogen-bond acceptors (Lipinski definition) is 2. The average molecular weight is 194 g/mol. The molecule has 0 saturated heterocycles. The lowest BCUT2D eigenvalue weighted by molar-refractivity contribution is -0.126. The lowest BCUT2D eigenvalue weighted by atomic mass is 10.0. The minimum atomic E-state index is -0.262. The molecule has 0 radical (unpaired) electrons. The molecule has 0 bridgehead atoms. The van der Waals surface area contributed by atoms with Crippen molar-refractivity contribution in [3.63, 3.8) is 0 Å². The van der Waals surface area contributed by atoms with Gasteiger partial charge < -0.3 is 11.1 Å². The monoisotopic (exact) mass is 194 g/mol. The molecule has 0 aromatic rings. The highest BCUT2D eigenvalue weighted by atomic mass is 16.2. The van der Waals surface area contributed by atoms with Crippen LogP contribution in [0.4, 0.5) is 0 Å². The largest absolute Gasteiger partial charge is 0.352 e. The summed E-state index contributed by atoms with van der Waals surface area (Å²) in [5.74, 6) is 2.65. The summed E-state index contributed by atoms with van der Waals surface area (Å²) >= 11 is 0. The van der Waals surface area contributed by atoms with Crippen LogP contribution in [0, 0.1) is 17.8 Å². The van der Waals surface area contributed by atoms with E-state index >= 15 is 0 Å². The first-order chi connectivity index (χ1) is 6.68. The maximum atomic E-state index is 11.7. The van der Waals surface area contributed by atoms with Crippen LogP contribution in [0.15, 0.2) is 0 Å². The Morgan fingerprint density at radius 1 is 1.71 bits per heavy atom. The van der Waals surface area contributed by atoms with Crippen LogP contribution in [0.1, 0.15) is 32.6 Å². The fraction of sp³-hybridized carbons (Fsp3) is 0.727. The molecule has 1 fully saturated rings. The van der Waals surface area contributed by atoms with E-state index in [1.54, 1.807) is 0 Å². The molecule has 3 nitrogen and oxygen atoms in total. The summed E-state index contributed by atoms with van der Waals surface area (Å²) in [6, 6.07) is 0.108. The molecule has 1 amide bonds. The Balaban J connectivity index is 2.43. The van der Waals surface area contributed by atoms with Crippen molar-refractivity contribution >= 4 is 5.91 Å². The van der Waals surface area contributed by atoms with Crippen molar-refractivity contribution in [2.75, 3.05) is 6.54 Å². The highest BCUT2D eigenvalue weighted by molar-refractivity contribution is 5.85. The third kappa shape index (κ3) is 2.27. The van der Waals surface area contributed by atoms with Gasteiger partial charge in [-0.25, -0.2) is 0 Å². The van der Waals surface area contributed by atoms with Gasteiger partial charge in [-0.05, 0) is 19.3 Å². The molecular weight excluding hydrogens is 176 g/mol. The van der Waals surface area contributed by atoms with Crippen molar-refractivity contribution in [1.29, 1.82) is 0 Å². The Morgan fingerprint density at radius 2 is 2.36 bits per heavy atom. The van der Waals surface area contributed by atoms with Gasteiger partial charge in [-0.2, -0.15) is 0 Å². The zero-order valence-corrected chi connectivity index (χ0v) is 8.68. The third-order valence-electron chi connectivity index (χ3n) is 2.92. The van der Waals surface area contributed by atoms with E-state index < -0.39 is 0 Å². The second-order valence-corrected chi connectivity index (χ2v) is 3.97. The van der Waals surface area contributed by atoms with Gasteiger partial charge in [0, 0.05) is 19.0 Å². The van der Waals surface area contributed by atoms with Crippen LogP contribution in [0.5, 0.6) is 0 Å². The van der Waals surface area contributed by atoms with Gasteiger partial charge in [0.15, 0.2) is 0 Å². The van der Waals surface area contributed by atoms with Gasteiger partial charge in [0.05, 0.1) is 5.41 Å². The quantitative estimate of drug-likeness (QED) is 0.631. The first-order valence-electron chi connectivity index (χ1n) is 5.13. The Morgan fingerprint density at radius 3 is 2.71 bits per heavy atom. The third-order valence-corrected chi connectivity index (χ3v) is 2.92. The first kappa shape index (κ1) is 11.1. The summed E-state index contributed by atoms with van der Waals surface area (Å²) in [6.45, 7) is 2.47. The van der Waals surface area contributed by atoms with Crippen molar-refractivity contribution in [1.82, 2.24) is 5.32 Å². The van der Waals surface area contributed by atoms with Crippen molar-refractivity contribution in [3.05, 3.63) is 0 Å². The standard InChI is InChI=1S/C11H18N2O/c1-3-5-9(4-2)13-10(14)11(8-12)6-7-11/h1,9H,4-8,12H2,2H3,(H,13,14). The van der Waals surface area contributed by atoms with Crippen LogP contribution >= 0.6 is 0 Å². The molecule has 0 aromatic carbocycles. The molecule has 0 aliphatic heterocycles. The zero-order valence-electron chi connectivity index (χ0n) is 8.68. The molecule has 1 aliphatic rings. The minimum absolute atomic E-state index is 0.0853. The molecule has 3 N–H and O–H groups in total. The maximum absolute atomic E-state index is 11.7. The van der Waals surface area contributed by atoms with E-state index in [9.17, 15) is 4.79 Å². The SMILES string of the molecule is C#CCC(CC)NC(=O)C1(CN)CC1. The summed E-state index contributed by atoms with van der Waals surface area (Å²) in [6.07, 6.45) is 8.52. The van der Waals surface area contributed by atoms with Gasteiger partial charge >= 0.3 is 0 Å². The lowest BCUT2D eigenvalue weighted by Crippen LogP contribution is -2.42. The Labute approximate surface area is 85.4 Å². The van der Waals surface area contributed by atoms with Gasteiger partial charge in [0.25, 0.3) is 0 Å². The number of amides is 1. The van der Waals surface area contributed by atoms with E-state index in [4.69, 9.17) is 12.2 Å². The second-order valence-electron chi connectivity index (χ2n) is 3.97. The van der Waals surface area contributed by atoms with Crippen LogP contribution in [0.25, 0.3) is 0 Å². The van der Waals surface area contributed by atoms with Crippen molar-refractivity contribution in [2.24, 2.45) is 11.1 Å². The van der Waals surface area contributed by atoms with Gasteiger partial charge in [-0.15, -0.1) is 12.3 Å². The van der Waals surface area contributed by atoms with E-state index in [2.05, 4.69) is 11.2 Å². The molecule has 1 saturated carbocycles. The van der Waals surface area contributed by atoms with Crippen molar-refractivity contribution < 1.29 is 4.79 Å². The lowest BCUT2D eigenvalue weighted by Gasteiger charge is -2.18. The predicted octanol–water partition coefficient (Wildman–Crippen LogP) is 0.643. The number of hydrogen-bond donors (Lipinski definition) is 2. The topological polar surface area (TPSA) is 55.1 Å². The number of terminal acetylenes is 1. The fourth-order valence-corrected chi connectivity index (χ4v) is 1.45. The predicted molar refractivity (Wildman–Crippen MR) is 56.4 cm³/mol. The summed E-state index contributed by atoms with van der Waals surface area (Å²) in [5, 5.41) is 2.96. The van der Waals surface area contributed by atoms with E-state index in [0.717, 1.165) is 19.3 Å². The fourth-order valence-electron chi connectivity index (χ4n) is 1.45. The Hall–Kier alpha value is -1.01. The van der Waals surface area contributed by atoms with Crippen LogP contribution in [0.3, 0.4) is 0 Å². The van der Waals surface area contributed by atoms with Gasteiger partial charge in [0.1, 0.15) is 0 Å². The normalized spacial score (nSPS) is 19.5. The molecule has 0 aromatic heterocycles. The first-order valence-corrected chi connectivity index (χ1v) is 5.13. The highest BCUT2D eigenvalue weighted by Gasteiger charge is 2.48. The molecule has 1 rings (SSSR count). The molecule has 78 valence electrons. The van der Waals surface area contributed by atoms with E-state index in [1.165, 1.54) is 0 Å². The summed E-state index contributed by atoms with van der Waals surface area (Å²) in [5.41, 5.74) is 5.30. The number of nitrogens with two attached hydrogens (primary N) is 1. The summed E-state index contributed by atoms with van der Waals surface area (Å²) in [7, 11) is 0. The highest BCUT2D eigenvalue weighted by Crippen LogP contribution is 2.44. The summed E-state index contributed by atoms with van der Waals surface area (Å²) in [4.78, 5) is 11.7. The van der Waals surface area contributed by atoms with Crippen LogP contribution in [-0.2, 0) is 4.79 Å². The summed E-state index contributed by atoms with van der Waals surface area (Å²) < 4.78 is 0. The van der Waals surface area contributed by atoms with Gasteiger partial charge in [0.2, 0.25) is 5.91 Å². The molecule has 1 atom stereocenters. The molecule has 14 heavy (non-hydrogen) atoms. The van der Waals surface area contributed by atoms with E-state index in [0.29, 0.717) is 13.0 Å². The number of carbonyl (C=O) groups excluding carboxylic acids is 1. The van der Waals surface area contributed by atoms with Gasteiger partial charge in [-0.3, -0.25) is 4.79 Å². The Kier molecular flexibility index (Phi) is 3.54. The van der Waals surface area contributed by atoms with Crippen LogP contribution < -0.4 is 11.1 Å². The molecule has 0 heterocycles. The number of carbonyl (C=O) groups is 1. The smallest absolute Gasteiger partial charge is 0.227 e. The van der Waals surface area contributed by atoms with Crippen LogP contribution in [-0.4, -0.2) is 18.5 Å². The maximum Gasteiger partial charge on any atom is 0.227 e. The van der Waals surface area contributed by atoms with E-state index in [-0.39, 0.29) is 17.4 Å². The number of nitrogens with one attached hydrogen (secondary N) is 1. The zero-order chi connectivity index (χ0) is 10.6. The second kappa shape index (κ2) is 4.47. The van der Waals surface area contributed by atoms with Crippen LogP contribution in [0.2, 0.25) is 0 Å². The molecular formula is C11H18N2O. The molecule has 3 heteroatoms. The van der Waals surface area contributed by atoms with Crippen molar-refractivity contribution in [3.8, 4) is 12.3 Å².